The Kier molecular flexibility index (Phi) is 3.68. The second-order valence-corrected chi connectivity index (χ2v) is 4.27. The van der Waals surface area contributed by atoms with Gasteiger partial charge in [0, 0.05) is 4.47 Å². The van der Waals surface area contributed by atoms with Crippen LogP contribution < -0.4 is 4.74 Å². The van der Waals surface area contributed by atoms with Gasteiger partial charge in [0.25, 0.3) is 5.88 Å². The zero-order chi connectivity index (χ0) is 12.3. The molecule has 0 aliphatic heterocycles. The van der Waals surface area contributed by atoms with Crippen molar-refractivity contribution in [1.82, 2.24) is 9.97 Å². The van der Waals surface area contributed by atoms with Crippen LogP contribution in [0.5, 0.6) is 11.6 Å². The van der Waals surface area contributed by atoms with E-state index in [2.05, 4.69) is 25.9 Å². The maximum Gasteiger partial charge on any atom is 0.259 e. The van der Waals surface area contributed by atoms with Crippen molar-refractivity contribution in [2.45, 2.75) is 13.3 Å². The van der Waals surface area contributed by atoms with E-state index in [0.717, 1.165) is 4.47 Å². The Morgan fingerprint density at radius 1 is 1.35 bits per heavy atom. The summed E-state index contributed by atoms with van der Waals surface area (Å²) in [7, 11) is 0. The van der Waals surface area contributed by atoms with E-state index >= 15 is 0 Å². The molecule has 0 amide bonds. The molecule has 0 fully saturated rings. The zero-order valence-corrected chi connectivity index (χ0v) is 10.7. The van der Waals surface area contributed by atoms with Crippen molar-refractivity contribution in [1.29, 1.82) is 0 Å². The number of halogens is 2. The summed E-state index contributed by atoms with van der Waals surface area (Å²) >= 11 is 3.32. The fourth-order valence-corrected chi connectivity index (χ4v) is 1.73. The van der Waals surface area contributed by atoms with E-state index in [1.54, 1.807) is 18.2 Å². The van der Waals surface area contributed by atoms with Gasteiger partial charge in [-0.05, 0) is 24.6 Å². The predicted molar refractivity (Wildman–Crippen MR) is 65.6 cm³/mol. The second kappa shape index (κ2) is 5.23. The molecule has 0 spiro atoms. The summed E-state index contributed by atoms with van der Waals surface area (Å²) < 4.78 is 20.0. The number of rotatable bonds is 3. The number of nitrogens with zero attached hydrogens (tertiary/aromatic N) is 2. The Bertz CT molecular complexity index is 534. The van der Waals surface area contributed by atoms with E-state index in [0.29, 0.717) is 17.9 Å². The highest BCUT2D eigenvalue weighted by Crippen LogP contribution is 2.25. The van der Waals surface area contributed by atoms with Crippen LogP contribution in [0.25, 0.3) is 0 Å². The van der Waals surface area contributed by atoms with E-state index in [9.17, 15) is 4.39 Å². The highest BCUT2D eigenvalue weighted by Gasteiger charge is 2.11. The first-order valence-corrected chi connectivity index (χ1v) is 5.92. The minimum atomic E-state index is -0.505. The monoisotopic (exact) mass is 296 g/mol. The molecule has 0 radical (unpaired) electrons. The van der Waals surface area contributed by atoms with Gasteiger partial charge in [-0.2, -0.15) is 9.37 Å². The molecule has 0 atom stereocenters. The average Bonchev–Trinajstić information content (AvgIpc) is 2.32. The maximum absolute atomic E-state index is 13.8. The van der Waals surface area contributed by atoms with Crippen LogP contribution in [-0.2, 0) is 6.42 Å². The molecule has 2 rings (SSSR count). The van der Waals surface area contributed by atoms with Crippen molar-refractivity contribution in [3.05, 3.63) is 46.6 Å². The van der Waals surface area contributed by atoms with Crippen LogP contribution in [0.4, 0.5) is 4.39 Å². The van der Waals surface area contributed by atoms with Crippen LogP contribution in [0, 0.1) is 5.82 Å². The van der Waals surface area contributed by atoms with Crippen LogP contribution in [0.3, 0.4) is 0 Å². The minimum Gasteiger partial charge on any atom is -0.436 e. The number of aromatic nitrogens is 2. The van der Waals surface area contributed by atoms with Crippen molar-refractivity contribution in [2.24, 2.45) is 0 Å². The summed E-state index contributed by atoms with van der Waals surface area (Å²) in [6, 6.07) is 7.14. The summed E-state index contributed by atoms with van der Waals surface area (Å²) in [6.07, 6.45) is 1.80. The summed E-state index contributed by atoms with van der Waals surface area (Å²) in [6.45, 7) is 1.83. The van der Waals surface area contributed by atoms with E-state index < -0.39 is 5.82 Å². The average molecular weight is 297 g/mol. The Hall–Kier alpha value is -1.49. The molecule has 0 aliphatic carbocycles. The lowest BCUT2D eigenvalue weighted by Crippen LogP contribution is -1.99. The molecule has 88 valence electrons. The van der Waals surface area contributed by atoms with Crippen LogP contribution in [0.2, 0.25) is 0 Å². The second-order valence-electron chi connectivity index (χ2n) is 3.35. The SMILES string of the molecule is CCc1ncnc(Oc2cccc(Br)c2)c1F. The van der Waals surface area contributed by atoms with Gasteiger partial charge in [0.05, 0.1) is 5.69 Å². The standard InChI is InChI=1S/C12H10BrFN2O/c1-2-10-11(14)12(16-7-15-10)17-9-5-3-4-8(13)6-9/h3-7H,2H2,1H3. The third-order valence-electron chi connectivity index (χ3n) is 2.18. The number of hydrogen-bond donors (Lipinski definition) is 0. The van der Waals surface area contributed by atoms with Gasteiger partial charge >= 0.3 is 0 Å². The molecule has 17 heavy (non-hydrogen) atoms. The van der Waals surface area contributed by atoms with Gasteiger partial charge < -0.3 is 4.74 Å². The van der Waals surface area contributed by atoms with E-state index in [1.165, 1.54) is 6.33 Å². The molecule has 0 saturated carbocycles. The lowest BCUT2D eigenvalue weighted by molar-refractivity contribution is 0.415. The normalized spacial score (nSPS) is 10.3. The van der Waals surface area contributed by atoms with Gasteiger partial charge in [0.15, 0.2) is 0 Å². The Morgan fingerprint density at radius 3 is 2.88 bits per heavy atom. The minimum absolute atomic E-state index is 0.0463. The molecule has 1 aromatic heterocycles. The first-order valence-electron chi connectivity index (χ1n) is 5.13. The highest BCUT2D eigenvalue weighted by atomic mass is 79.9. The first kappa shape index (κ1) is 12.0. The molecule has 0 aliphatic rings. The quantitative estimate of drug-likeness (QED) is 0.865. The lowest BCUT2D eigenvalue weighted by Gasteiger charge is -2.07. The fourth-order valence-electron chi connectivity index (χ4n) is 1.35. The molecule has 0 unspecified atom stereocenters. The predicted octanol–water partition coefficient (Wildman–Crippen LogP) is 3.73. The lowest BCUT2D eigenvalue weighted by atomic mass is 10.3. The topological polar surface area (TPSA) is 35.0 Å². The maximum atomic E-state index is 13.8. The highest BCUT2D eigenvalue weighted by molar-refractivity contribution is 9.10. The molecule has 5 heteroatoms. The largest absolute Gasteiger partial charge is 0.436 e. The third kappa shape index (κ3) is 2.79. The summed E-state index contributed by atoms with van der Waals surface area (Å²) in [4.78, 5) is 7.63. The summed E-state index contributed by atoms with van der Waals surface area (Å²) in [5.74, 6) is -0.0241. The molecule has 0 saturated heterocycles. The van der Waals surface area contributed by atoms with Crippen LogP contribution in [-0.4, -0.2) is 9.97 Å². The van der Waals surface area contributed by atoms with Gasteiger partial charge in [-0.3, -0.25) is 0 Å². The van der Waals surface area contributed by atoms with Gasteiger partial charge in [-0.25, -0.2) is 4.98 Å². The Balaban J connectivity index is 2.30. The van der Waals surface area contributed by atoms with Crippen LogP contribution in [0.1, 0.15) is 12.6 Å². The van der Waals surface area contributed by atoms with Gasteiger partial charge in [-0.1, -0.05) is 28.9 Å². The Morgan fingerprint density at radius 2 is 2.18 bits per heavy atom. The smallest absolute Gasteiger partial charge is 0.259 e. The van der Waals surface area contributed by atoms with Crippen LogP contribution >= 0.6 is 15.9 Å². The van der Waals surface area contributed by atoms with Crippen molar-refractivity contribution < 1.29 is 9.13 Å². The molecule has 2 aromatic rings. The number of hydrogen-bond acceptors (Lipinski definition) is 3. The third-order valence-corrected chi connectivity index (χ3v) is 2.67. The van der Waals surface area contributed by atoms with Crippen molar-refractivity contribution >= 4 is 15.9 Å². The summed E-state index contributed by atoms with van der Waals surface area (Å²) in [5.41, 5.74) is 0.352. The molecule has 0 N–H and O–H groups in total. The van der Waals surface area contributed by atoms with E-state index in [4.69, 9.17) is 4.74 Å². The molecular weight excluding hydrogens is 287 g/mol. The van der Waals surface area contributed by atoms with Crippen molar-refractivity contribution in [3.8, 4) is 11.6 Å². The van der Waals surface area contributed by atoms with Crippen molar-refractivity contribution in [2.75, 3.05) is 0 Å². The molecule has 0 bridgehead atoms. The zero-order valence-electron chi connectivity index (χ0n) is 9.15. The van der Waals surface area contributed by atoms with Gasteiger partial charge in [-0.15, -0.1) is 0 Å². The molecular formula is C12H10BrFN2O. The van der Waals surface area contributed by atoms with Gasteiger partial charge in [0.2, 0.25) is 5.82 Å². The van der Waals surface area contributed by atoms with Gasteiger partial charge in [0.1, 0.15) is 12.1 Å². The number of ether oxygens (including phenoxy) is 1. The van der Waals surface area contributed by atoms with E-state index in [1.807, 2.05) is 13.0 Å². The first-order chi connectivity index (χ1) is 8.20. The summed E-state index contributed by atoms with van der Waals surface area (Å²) in [5, 5.41) is 0. The molecule has 1 aromatic carbocycles. The van der Waals surface area contributed by atoms with E-state index in [-0.39, 0.29) is 5.88 Å². The number of aryl methyl sites for hydroxylation is 1. The molecule has 1 heterocycles. The molecule has 3 nitrogen and oxygen atoms in total. The fraction of sp³-hybridized carbons (Fsp3) is 0.167. The van der Waals surface area contributed by atoms with Crippen LogP contribution in [0.15, 0.2) is 35.1 Å². The Labute approximate surface area is 107 Å². The van der Waals surface area contributed by atoms with Crippen molar-refractivity contribution in [3.63, 3.8) is 0 Å². The number of benzene rings is 1.